The molecule has 3 aromatic carbocycles. The summed E-state index contributed by atoms with van der Waals surface area (Å²) < 4.78 is 0. The van der Waals surface area contributed by atoms with Crippen LogP contribution in [0.4, 0.5) is 0 Å². The minimum atomic E-state index is 1.32. The first kappa shape index (κ1) is 29.3. The van der Waals surface area contributed by atoms with Gasteiger partial charge in [-0.2, -0.15) is 0 Å². The molecule has 0 atom stereocenters. The molecule has 0 N–H and O–H groups in total. The van der Waals surface area contributed by atoms with Crippen molar-refractivity contribution in [3.8, 4) is 0 Å². The smallest absolute Gasteiger partial charge is 0.0267 e. The average Bonchev–Trinajstić information content (AvgIpc) is 2.86. The van der Waals surface area contributed by atoms with Crippen LogP contribution in [0.5, 0.6) is 0 Å². The highest BCUT2D eigenvalue weighted by molar-refractivity contribution is 5.85. The molecule has 0 saturated carbocycles. The Morgan fingerprint density at radius 1 is 0.467 bits per heavy atom. The zero-order valence-electron chi connectivity index (χ0n) is 20.3. The largest absolute Gasteiger partial charge is 0.265 e. The predicted octanol–water partition coefficient (Wildman–Crippen LogP) is 9.30. The van der Waals surface area contributed by atoms with Crippen molar-refractivity contribution in [2.24, 2.45) is 0 Å². The number of benzene rings is 3. The fourth-order valence-corrected chi connectivity index (χ4v) is 2.23. The summed E-state index contributed by atoms with van der Waals surface area (Å²) in [4.78, 5) is 3.78. The maximum Gasteiger partial charge on any atom is 0.0267 e. The van der Waals surface area contributed by atoms with E-state index < -0.39 is 0 Å². The Kier molecular flexibility index (Phi) is 21.8. The van der Waals surface area contributed by atoms with Gasteiger partial charge in [0.2, 0.25) is 0 Å². The molecule has 0 aliphatic heterocycles. The van der Waals surface area contributed by atoms with Crippen LogP contribution in [0.3, 0.4) is 0 Å². The molecule has 1 nitrogen and oxygen atoms in total. The molecular formula is C29H41N. The Balaban J connectivity index is 0. The highest BCUT2D eigenvalue weighted by atomic mass is 14.6. The van der Waals surface area contributed by atoms with Crippen LogP contribution in [0.15, 0.2) is 103 Å². The van der Waals surface area contributed by atoms with Gasteiger partial charge in [-0.05, 0) is 42.3 Å². The van der Waals surface area contributed by atoms with Crippen molar-refractivity contribution in [2.75, 3.05) is 0 Å². The zero-order chi connectivity index (χ0) is 23.0. The van der Waals surface area contributed by atoms with Crippen molar-refractivity contribution in [3.63, 3.8) is 0 Å². The van der Waals surface area contributed by atoms with Gasteiger partial charge in [0.1, 0.15) is 0 Å². The second kappa shape index (κ2) is 22.4. The van der Waals surface area contributed by atoms with Crippen molar-refractivity contribution < 1.29 is 0 Å². The molecule has 1 heterocycles. The Bertz CT molecular complexity index is 792. The van der Waals surface area contributed by atoms with E-state index in [0.717, 1.165) is 0 Å². The van der Waals surface area contributed by atoms with Gasteiger partial charge >= 0.3 is 0 Å². The first-order valence-electron chi connectivity index (χ1n) is 11.1. The van der Waals surface area contributed by atoms with Gasteiger partial charge in [-0.25, -0.2) is 0 Å². The first-order valence-corrected chi connectivity index (χ1v) is 11.1. The van der Waals surface area contributed by atoms with Crippen LogP contribution in [0, 0.1) is 13.8 Å². The molecular weight excluding hydrogens is 362 g/mol. The lowest BCUT2D eigenvalue weighted by Crippen LogP contribution is -1.75. The predicted molar refractivity (Wildman–Crippen MR) is 138 cm³/mol. The van der Waals surface area contributed by atoms with Gasteiger partial charge in [-0.1, -0.05) is 126 Å². The molecule has 162 valence electrons. The number of fused-ring (bicyclic) bond motifs is 1. The normalized spacial score (nSPS) is 8.00. The third-order valence-electron chi connectivity index (χ3n) is 3.51. The summed E-state index contributed by atoms with van der Waals surface area (Å²) >= 11 is 0. The van der Waals surface area contributed by atoms with Gasteiger partial charge in [0.05, 0.1) is 0 Å². The zero-order valence-corrected chi connectivity index (χ0v) is 20.3. The quantitative estimate of drug-likeness (QED) is 0.285. The van der Waals surface area contributed by atoms with Crippen LogP contribution in [0.25, 0.3) is 10.8 Å². The molecule has 0 amide bonds. The summed E-state index contributed by atoms with van der Waals surface area (Å²) in [7, 11) is 0. The van der Waals surface area contributed by atoms with E-state index in [0.29, 0.717) is 0 Å². The van der Waals surface area contributed by atoms with Gasteiger partial charge in [-0.3, -0.25) is 4.98 Å². The minimum absolute atomic E-state index is 1.32. The Morgan fingerprint density at radius 2 is 0.933 bits per heavy atom. The van der Waals surface area contributed by atoms with E-state index >= 15 is 0 Å². The summed E-state index contributed by atoms with van der Waals surface area (Å²) in [6.45, 7) is 16.2. The number of pyridine rings is 1. The van der Waals surface area contributed by atoms with E-state index in [-0.39, 0.29) is 0 Å². The molecule has 30 heavy (non-hydrogen) atoms. The van der Waals surface area contributed by atoms with Crippen LogP contribution < -0.4 is 0 Å². The van der Waals surface area contributed by atoms with Gasteiger partial charge in [-0.15, -0.1) is 0 Å². The van der Waals surface area contributed by atoms with Crippen molar-refractivity contribution in [1.29, 1.82) is 0 Å². The fourth-order valence-electron chi connectivity index (χ4n) is 2.23. The molecule has 0 saturated heterocycles. The molecule has 0 bridgehead atoms. The average molecular weight is 404 g/mol. The lowest BCUT2D eigenvalue weighted by atomic mass is 10.1. The molecule has 0 aliphatic carbocycles. The SMILES string of the molecule is CC.CC.CC.Cc1cccc2ccccc12.Cc1ccccc1.c1ccncc1. The Morgan fingerprint density at radius 3 is 1.33 bits per heavy atom. The molecule has 0 radical (unpaired) electrons. The molecule has 0 aliphatic rings. The highest BCUT2D eigenvalue weighted by Crippen LogP contribution is 2.16. The van der Waals surface area contributed by atoms with E-state index in [2.05, 4.69) is 73.4 Å². The van der Waals surface area contributed by atoms with Crippen molar-refractivity contribution in [2.45, 2.75) is 55.4 Å². The topological polar surface area (TPSA) is 12.9 Å². The molecule has 0 fully saturated rings. The van der Waals surface area contributed by atoms with Crippen molar-refractivity contribution in [3.05, 3.63) is 115 Å². The standard InChI is InChI=1S/C11H10.C7H8.C5H5N.3C2H6/c1-9-5-4-7-10-6-2-3-8-11(9)10;1-7-5-3-2-4-6-7;1-2-4-6-5-3-1;3*1-2/h2-8H,1H3;2-6H,1H3;1-5H;3*1-2H3. The number of hydrogen-bond acceptors (Lipinski definition) is 1. The second-order valence-electron chi connectivity index (χ2n) is 5.48. The van der Waals surface area contributed by atoms with E-state index in [9.17, 15) is 0 Å². The maximum absolute atomic E-state index is 3.78. The highest BCUT2D eigenvalue weighted by Gasteiger charge is 1.92. The van der Waals surface area contributed by atoms with Crippen LogP contribution in [-0.2, 0) is 0 Å². The van der Waals surface area contributed by atoms with Gasteiger partial charge in [0.25, 0.3) is 0 Å². The van der Waals surface area contributed by atoms with Gasteiger partial charge < -0.3 is 0 Å². The Labute approximate surface area is 185 Å². The van der Waals surface area contributed by atoms with Crippen LogP contribution in [0.2, 0.25) is 0 Å². The molecule has 4 aromatic rings. The van der Waals surface area contributed by atoms with Crippen molar-refractivity contribution in [1.82, 2.24) is 4.98 Å². The fraction of sp³-hybridized carbons (Fsp3) is 0.276. The Hall–Kier alpha value is -2.93. The van der Waals surface area contributed by atoms with Gasteiger partial charge in [0.15, 0.2) is 0 Å². The van der Waals surface area contributed by atoms with E-state index in [4.69, 9.17) is 0 Å². The van der Waals surface area contributed by atoms with E-state index in [1.807, 2.05) is 77.9 Å². The summed E-state index contributed by atoms with van der Waals surface area (Å²) in [5, 5.41) is 2.68. The second-order valence-corrected chi connectivity index (χ2v) is 5.48. The first-order chi connectivity index (χ1) is 14.8. The molecule has 1 heteroatoms. The molecule has 0 unspecified atom stereocenters. The van der Waals surface area contributed by atoms with E-state index in [1.165, 1.54) is 21.9 Å². The van der Waals surface area contributed by atoms with Crippen LogP contribution >= 0.6 is 0 Å². The molecule has 1 aromatic heterocycles. The number of hydrogen-bond donors (Lipinski definition) is 0. The summed E-state index contributed by atoms with van der Waals surface area (Å²) in [6, 6.07) is 30.8. The maximum atomic E-state index is 3.78. The lowest BCUT2D eigenvalue weighted by molar-refractivity contribution is 1.33. The molecule has 4 rings (SSSR count). The number of aryl methyl sites for hydroxylation is 2. The third kappa shape index (κ3) is 14.1. The monoisotopic (exact) mass is 403 g/mol. The summed E-state index contributed by atoms with van der Waals surface area (Å²) in [6.07, 6.45) is 3.50. The summed E-state index contributed by atoms with van der Waals surface area (Å²) in [5.74, 6) is 0. The van der Waals surface area contributed by atoms with Gasteiger partial charge in [0, 0.05) is 12.4 Å². The minimum Gasteiger partial charge on any atom is -0.265 e. The van der Waals surface area contributed by atoms with Crippen LogP contribution in [0.1, 0.15) is 52.7 Å². The van der Waals surface area contributed by atoms with E-state index in [1.54, 1.807) is 12.4 Å². The number of aromatic nitrogens is 1. The van der Waals surface area contributed by atoms with Crippen LogP contribution in [-0.4, -0.2) is 4.98 Å². The lowest BCUT2D eigenvalue weighted by Gasteiger charge is -1.98. The van der Waals surface area contributed by atoms with Crippen molar-refractivity contribution >= 4 is 10.8 Å². The third-order valence-corrected chi connectivity index (χ3v) is 3.51. The number of rotatable bonds is 0. The molecule has 0 spiro atoms. The summed E-state index contributed by atoms with van der Waals surface area (Å²) in [5.41, 5.74) is 2.67. The number of nitrogens with zero attached hydrogens (tertiary/aromatic N) is 1.